The molecule has 0 N–H and O–H groups in total. The molecule has 2 heteroatoms. The Morgan fingerprint density at radius 3 is 2.52 bits per heavy atom. The second kappa shape index (κ2) is 5.69. The van der Waals surface area contributed by atoms with Crippen molar-refractivity contribution < 1.29 is 4.52 Å². The zero-order valence-corrected chi connectivity index (χ0v) is 13.7. The summed E-state index contributed by atoms with van der Waals surface area (Å²) in [7, 11) is 0. The van der Waals surface area contributed by atoms with Crippen LogP contribution in [-0.2, 0) is 0 Å². The molecule has 1 saturated carbocycles. The highest BCUT2D eigenvalue weighted by atomic mass is 16.5. The lowest BCUT2D eigenvalue weighted by atomic mass is 9.87. The van der Waals surface area contributed by atoms with Crippen molar-refractivity contribution >= 4 is 11.6 Å². The second-order valence-corrected chi connectivity index (χ2v) is 6.59. The van der Waals surface area contributed by atoms with Crippen LogP contribution in [0, 0.1) is 19.8 Å². The fourth-order valence-corrected chi connectivity index (χ4v) is 3.42. The maximum Gasteiger partial charge on any atom is 0.141 e. The van der Waals surface area contributed by atoms with E-state index in [0.717, 1.165) is 23.8 Å². The van der Waals surface area contributed by atoms with Gasteiger partial charge in [0.25, 0.3) is 0 Å². The number of hydrogen-bond donors (Lipinski definition) is 0. The SMILES string of the molecule is Cc1noc(C)c1C1=CC(=Cc2ccccc2)C=C(C2CC2)C1. The van der Waals surface area contributed by atoms with Crippen LogP contribution >= 0.6 is 0 Å². The monoisotopic (exact) mass is 303 g/mol. The van der Waals surface area contributed by atoms with E-state index in [9.17, 15) is 0 Å². The van der Waals surface area contributed by atoms with Crippen molar-refractivity contribution in [2.75, 3.05) is 0 Å². The minimum atomic E-state index is 0.776. The summed E-state index contributed by atoms with van der Waals surface area (Å²) >= 11 is 0. The van der Waals surface area contributed by atoms with Gasteiger partial charge in [-0.1, -0.05) is 53.2 Å². The van der Waals surface area contributed by atoms with Crippen LogP contribution in [0.15, 0.2) is 58.2 Å². The summed E-state index contributed by atoms with van der Waals surface area (Å²) in [6, 6.07) is 10.5. The summed E-state index contributed by atoms with van der Waals surface area (Å²) in [4.78, 5) is 0. The lowest BCUT2D eigenvalue weighted by Crippen LogP contribution is -1.99. The zero-order chi connectivity index (χ0) is 15.8. The first-order chi connectivity index (χ1) is 11.2. The molecule has 4 rings (SSSR count). The Morgan fingerprint density at radius 1 is 1.09 bits per heavy atom. The van der Waals surface area contributed by atoms with E-state index in [-0.39, 0.29) is 0 Å². The summed E-state index contributed by atoms with van der Waals surface area (Å²) in [6.45, 7) is 4.04. The zero-order valence-electron chi connectivity index (χ0n) is 13.7. The van der Waals surface area contributed by atoms with Crippen LogP contribution in [0.2, 0.25) is 0 Å². The Balaban J connectivity index is 1.76. The maximum absolute atomic E-state index is 5.38. The molecule has 1 heterocycles. The van der Waals surface area contributed by atoms with Crippen molar-refractivity contribution in [2.45, 2.75) is 33.1 Å². The summed E-state index contributed by atoms with van der Waals surface area (Å²) in [5.41, 5.74) is 7.60. The molecule has 0 unspecified atom stereocenters. The third kappa shape index (κ3) is 2.94. The minimum Gasteiger partial charge on any atom is -0.361 e. The van der Waals surface area contributed by atoms with Gasteiger partial charge in [-0.2, -0.15) is 0 Å². The Bertz CT molecular complexity index is 797. The molecule has 0 radical (unpaired) electrons. The highest BCUT2D eigenvalue weighted by molar-refractivity contribution is 5.78. The van der Waals surface area contributed by atoms with Crippen molar-refractivity contribution in [3.8, 4) is 0 Å². The van der Waals surface area contributed by atoms with E-state index in [1.807, 2.05) is 13.8 Å². The summed E-state index contributed by atoms with van der Waals surface area (Å²) in [6.07, 6.45) is 10.6. The van der Waals surface area contributed by atoms with Crippen LogP contribution in [0.25, 0.3) is 11.6 Å². The highest BCUT2D eigenvalue weighted by Crippen LogP contribution is 2.44. The lowest BCUT2D eigenvalue weighted by Gasteiger charge is -2.17. The van der Waals surface area contributed by atoms with Gasteiger partial charge < -0.3 is 4.52 Å². The van der Waals surface area contributed by atoms with Gasteiger partial charge in [0, 0.05) is 5.56 Å². The van der Waals surface area contributed by atoms with Crippen molar-refractivity contribution in [1.82, 2.24) is 5.16 Å². The molecule has 1 fully saturated rings. The van der Waals surface area contributed by atoms with Gasteiger partial charge in [0.05, 0.1) is 5.69 Å². The average molecular weight is 303 g/mol. The standard InChI is InChI=1S/C21H21NO/c1-14-21(15(2)23-22-14)20-12-17(10-16-6-4-3-5-7-16)11-19(13-20)18-8-9-18/h3-7,10-12,18H,8-9,13H2,1-2H3. The van der Waals surface area contributed by atoms with E-state index in [0.29, 0.717) is 0 Å². The molecular weight excluding hydrogens is 282 g/mol. The van der Waals surface area contributed by atoms with Crippen LogP contribution in [0.1, 0.15) is 41.8 Å². The van der Waals surface area contributed by atoms with E-state index in [1.54, 1.807) is 5.57 Å². The molecular formula is C21H21NO. The van der Waals surface area contributed by atoms with E-state index >= 15 is 0 Å². The van der Waals surface area contributed by atoms with Crippen LogP contribution in [-0.4, -0.2) is 5.16 Å². The molecule has 1 aromatic heterocycles. The Hall–Kier alpha value is -2.35. The average Bonchev–Trinajstić information content (AvgIpc) is 3.34. The quantitative estimate of drug-likeness (QED) is 0.748. The lowest BCUT2D eigenvalue weighted by molar-refractivity contribution is 0.393. The third-order valence-corrected chi connectivity index (χ3v) is 4.68. The molecule has 23 heavy (non-hydrogen) atoms. The third-order valence-electron chi connectivity index (χ3n) is 4.68. The van der Waals surface area contributed by atoms with E-state index in [1.165, 1.54) is 35.1 Å². The normalized spacial score (nSPS) is 19.7. The number of hydrogen-bond acceptors (Lipinski definition) is 2. The van der Waals surface area contributed by atoms with E-state index in [2.05, 4.69) is 53.7 Å². The highest BCUT2D eigenvalue weighted by Gasteiger charge is 2.29. The molecule has 116 valence electrons. The molecule has 0 atom stereocenters. The predicted molar refractivity (Wildman–Crippen MR) is 93.8 cm³/mol. The number of nitrogens with zero attached hydrogens (tertiary/aromatic N) is 1. The summed E-state index contributed by atoms with van der Waals surface area (Å²) in [5, 5.41) is 4.13. The van der Waals surface area contributed by atoms with Gasteiger partial charge in [0.15, 0.2) is 0 Å². The maximum atomic E-state index is 5.38. The molecule has 0 amide bonds. The Morgan fingerprint density at radius 2 is 1.87 bits per heavy atom. The van der Waals surface area contributed by atoms with Crippen LogP contribution in [0.5, 0.6) is 0 Å². The number of aryl methyl sites for hydroxylation is 2. The molecule has 1 aromatic carbocycles. The first-order valence-electron chi connectivity index (χ1n) is 8.32. The molecule has 2 aliphatic rings. The van der Waals surface area contributed by atoms with Gasteiger partial charge in [-0.05, 0) is 61.8 Å². The van der Waals surface area contributed by atoms with Crippen LogP contribution in [0.3, 0.4) is 0 Å². The topological polar surface area (TPSA) is 26.0 Å². The molecule has 2 aromatic rings. The summed E-state index contributed by atoms with van der Waals surface area (Å²) in [5.74, 6) is 1.70. The number of allylic oxidation sites excluding steroid dienone is 5. The molecule has 0 saturated heterocycles. The van der Waals surface area contributed by atoms with Crippen LogP contribution in [0.4, 0.5) is 0 Å². The minimum absolute atomic E-state index is 0.776. The first kappa shape index (κ1) is 14.3. The van der Waals surface area contributed by atoms with E-state index in [4.69, 9.17) is 4.52 Å². The Kier molecular flexibility index (Phi) is 3.53. The molecule has 0 aliphatic heterocycles. The van der Waals surface area contributed by atoms with Gasteiger partial charge in [-0.25, -0.2) is 0 Å². The van der Waals surface area contributed by atoms with Crippen molar-refractivity contribution in [1.29, 1.82) is 0 Å². The van der Waals surface area contributed by atoms with Gasteiger partial charge in [-0.15, -0.1) is 0 Å². The fourth-order valence-electron chi connectivity index (χ4n) is 3.42. The van der Waals surface area contributed by atoms with E-state index < -0.39 is 0 Å². The number of benzene rings is 1. The van der Waals surface area contributed by atoms with Gasteiger partial charge >= 0.3 is 0 Å². The molecule has 0 bridgehead atoms. The van der Waals surface area contributed by atoms with Crippen molar-refractivity contribution in [3.63, 3.8) is 0 Å². The molecule has 2 nitrogen and oxygen atoms in total. The molecule has 0 spiro atoms. The smallest absolute Gasteiger partial charge is 0.141 e. The van der Waals surface area contributed by atoms with Gasteiger partial charge in [0.1, 0.15) is 5.76 Å². The van der Waals surface area contributed by atoms with Gasteiger partial charge in [0.2, 0.25) is 0 Å². The summed E-state index contributed by atoms with van der Waals surface area (Å²) < 4.78 is 5.38. The Labute approximate surface area is 137 Å². The second-order valence-electron chi connectivity index (χ2n) is 6.59. The van der Waals surface area contributed by atoms with Gasteiger partial charge in [-0.3, -0.25) is 0 Å². The van der Waals surface area contributed by atoms with Crippen LogP contribution < -0.4 is 0 Å². The van der Waals surface area contributed by atoms with Crippen molar-refractivity contribution in [3.05, 3.63) is 76.2 Å². The number of aromatic nitrogens is 1. The predicted octanol–water partition coefficient (Wildman–Crippen LogP) is 5.50. The number of rotatable bonds is 3. The largest absolute Gasteiger partial charge is 0.361 e. The molecule has 2 aliphatic carbocycles. The first-order valence-corrected chi connectivity index (χ1v) is 8.32. The fraction of sp³-hybridized carbons (Fsp3) is 0.286. The van der Waals surface area contributed by atoms with Crippen molar-refractivity contribution in [2.24, 2.45) is 5.92 Å².